The first kappa shape index (κ1) is 25.2. The summed E-state index contributed by atoms with van der Waals surface area (Å²) in [7, 11) is 0. The number of carbonyl (C=O) groups excluding carboxylic acids is 2. The molecule has 40 heavy (non-hydrogen) atoms. The highest BCUT2D eigenvalue weighted by molar-refractivity contribution is 6.00. The van der Waals surface area contributed by atoms with E-state index in [0.29, 0.717) is 59.8 Å². The summed E-state index contributed by atoms with van der Waals surface area (Å²) >= 11 is 0. The molecule has 0 spiro atoms. The number of amides is 1. The summed E-state index contributed by atoms with van der Waals surface area (Å²) in [5.41, 5.74) is 16.9. The number of ketones is 1. The molecule has 4 aromatic heterocycles. The Labute approximate surface area is 228 Å². The standard InChI is InChI=1S/C28H26FN9O2/c1-15(39)24-25(17-8-10-37(11-9-17)28(40)22-12-23(30)36-35-22)34-27-20(14-33-38(27)26(24)31)18-4-7-21(32-13-18)16-2-5-19(29)6-3-16/h2-7,12-14,17H,8-11,31H2,1H3,(H3,30,35,36). The summed E-state index contributed by atoms with van der Waals surface area (Å²) in [6.07, 6.45) is 4.57. The molecule has 1 aliphatic heterocycles. The number of likely N-dealkylation sites (tertiary alicyclic amines) is 1. The maximum absolute atomic E-state index is 13.3. The van der Waals surface area contributed by atoms with Crippen LogP contribution in [-0.4, -0.2) is 59.5 Å². The van der Waals surface area contributed by atoms with Crippen molar-refractivity contribution in [1.82, 2.24) is 34.7 Å². The van der Waals surface area contributed by atoms with E-state index >= 15 is 0 Å². The summed E-state index contributed by atoms with van der Waals surface area (Å²) in [6, 6.07) is 11.4. The number of H-pyrrole nitrogens is 1. The number of nitrogen functional groups attached to an aromatic ring is 2. The van der Waals surface area contributed by atoms with E-state index in [1.807, 2.05) is 12.1 Å². The van der Waals surface area contributed by atoms with Crippen molar-refractivity contribution in [3.63, 3.8) is 0 Å². The van der Waals surface area contributed by atoms with E-state index in [0.717, 1.165) is 11.1 Å². The number of halogens is 1. The summed E-state index contributed by atoms with van der Waals surface area (Å²) in [4.78, 5) is 36.8. The average Bonchev–Trinajstić information content (AvgIpc) is 3.59. The smallest absolute Gasteiger partial charge is 0.271 e. The van der Waals surface area contributed by atoms with E-state index in [1.165, 1.54) is 29.6 Å². The van der Waals surface area contributed by atoms with E-state index in [9.17, 15) is 14.0 Å². The quantitative estimate of drug-likeness (QED) is 0.285. The number of nitrogens with one attached hydrogen (secondary N) is 1. The minimum atomic E-state index is -0.309. The van der Waals surface area contributed by atoms with Gasteiger partial charge in [0.05, 0.1) is 23.1 Å². The van der Waals surface area contributed by atoms with E-state index in [-0.39, 0.29) is 35.1 Å². The van der Waals surface area contributed by atoms with Gasteiger partial charge in [0.15, 0.2) is 11.4 Å². The van der Waals surface area contributed by atoms with E-state index < -0.39 is 0 Å². The first-order valence-electron chi connectivity index (χ1n) is 12.8. The third kappa shape index (κ3) is 4.42. The average molecular weight is 540 g/mol. The van der Waals surface area contributed by atoms with Crippen molar-refractivity contribution >= 4 is 29.0 Å². The Bertz CT molecular complexity index is 1730. The third-order valence-electron chi connectivity index (χ3n) is 7.27. The summed E-state index contributed by atoms with van der Waals surface area (Å²) < 4.78 is 14.8. The SMILES string of the molecule is CC(=O)c1c(C2CCN(C(=O)c3cc(N)n[nH]3)CC2)nc2c(-c3ccc(-c4ccc(F)cc4)nc3)cnn2c1N. The highest BCUT2D eigenvalue weighted by atomic mass is 19.1. The maximum atomic E-state index is 13.3. The second-order valence-electron chi connectivity index (χ2n) is 9.82. The number of nitrogens with zero attached hydrogens (tertiary/aromatic N) is 6. The lowest BCUT2D eigenvalue weighted by Gasteiger charge is -2.32. The summed E-state index contributed by atoms with van der Waals surface area (Å²) in [5.74, 6) is -0.279. The number of hydrogen-bond donors (Lipinski definition) is 3. The molecule has 5 heterocycles. The minimum Gasteiger partial charge on any atom is -0.383 e. The molecule has 12 heteroatoms. The zero-order chi connectivity index (χ0) is 28.0. The third-order valence-corrected chi connectivity index (χ3v) is 7.27. The van der Waals surface area contributed by atoms with E-state index in [2.05, 4.69) is 20.3 Å². The van der Waals surface area contributed by atoms with Crippen LogP contribution in [0.1, 0.15) is 52.2 Å². The number of aromatic amines is 1. The molecule has 6 rings (SSSR count). The molecule has 0 bridgehead atoms. The number of hydrogen-bond acceptors (Lipinski definition) is 8. The second-order valence-corrected chi connectivity index (χ2v) is 9.82. The number of anilines is 2. The second kappa shape index (κ2) is 9.88. The molecule has 5 N–H and O–H groups in total. The van der Waals surface area contributed by atoms with Gasteiger partial charge in [0, 0.05) is 48.0 Å². The number of nitrogens with two attached hydrogens (primary N) is 2. The number of piperidine rings is 1. The Morgan fingerprint density at radius 1 is 1.02 bits per heavy atom. The van der Waals surface area contributed by atoms with Crippen LogP contribution in [0.25, 0.3) is 28.0 Å². The lowest BCUT2D eigenvalue weighted by molar-refractivity contribution is 0.0705. The van der Waals surface area contributed by atoms with Crippen LogP contribution in [0.4, 0.5) is 16.0 Å². The number of aromatic nitrogens is 6. The molecule has 0 saturated carbocycles. The van der Waals surface area contributed by atoms with E-state index in [1.54, 1.807) is 29.4 Å². The van der Waals surface area contributed by atoms with Crippen LogP contribution < -0.4 is 11.5 Å². The Balaban J connectivity index is 1.32. The lowest BCUT2D eigenvalue weighted by Crippen LogP contribution is -2.38. The topological polar surface area (TPSA) is 161 Å². The predicted molar refractivity (Wildman–Crippen MR) is 147 cm³/mol. The zero-order valence-electron chi connectivity index (χ0n) is 21.6. The van der Waals surface area contributed by atoms with Crippen molar-refractivity contribution in [2.24, 2.45) is 0 Å². The predicted octanol–water partition coefficient (Wildman–Crippen LogP) is 3.71. The van der Waals surface area contributed by atoms with Crippen LogP contribution in [-0.2, 0) is 0 Å². The Kier molecular flexibility index (Phi) is 6.21. The number of Topliss-reactive ketones (excluding diaryl/α,β-unsaturated/α-hetero) is 1. The maximum Gasteiger partial charge on any atom is 0.271 e. The Hall–Kier alpha value is -5.13. The van der Waals surface area contributed by atoms with Crippen molar-refractivity contribution < 1.29 is 14.0 Å². The number of benzene rings is 1. The van der Waals surface area contributed by atoms with Gasteiger partial charge >= 0.3 is 0 Å². The van der Waals surface area contributed by atoms with Crippen LogP contribution >= 0.6 is 0 Å². The largest absolute Gasteiger partial charge is 0.383 e. The molecule has 202 valence electrons. The van der Waals surface area contributed by atoms with Gasteiger partial charge in [-0.15, -0.1) is 0 Å². The summed E-state index contributed by atoms with van der Waals surface area (Å²) in [6.45, 7) is 2.42. The molecular weight excluding hydrogens is 513 g/mol. The highest BCUT2D eigenvalue weighted by Crippen LogP contribution is 2.35. The van der Waals surface area contributed by atoms with Crippen molar-refractivity contribution in [3.05, 3.63) is 77.6 Å². The lowest BCUT2D eigenvalue weighted by atomic mass is 9.89. The fourth-order valence-electron chi connectivity index (χ4n) is 5.21. The fraction of sp³-hybridized carbons (Fsp3) is 0.214. The van der Waals surface area contributed by atoms with Gasteiger partial charge in [0.2, 0.25) is 0 Å². The fourth-order valence-corrected chi connectivity index (χ4v) is 5.21. The van der Waals surface area contributed by atoms with Gasteiger partial charge in [0.1, 0.15) is 23.1 Å². The number of carbonyl (C=O) groups is 2. The van der Waals surface area contributed by atoms with Gasteiger partial charge in [0.25, 0.3) is 5.91 Å². The summed E-state index contributed by atoms with van der Waals surface area (Å²) in [5, 5.41) is 10.9. The first-order chi connectivity index (χ1) is 19.3. The number of pyridine rings is 1. The van der Waals surface area contributed by atoms with Crippen LogP contribution in [0.3, 0.4) is 0 Å². The molecule has 0 unspecified atom stereocenters. The minimum absolute atomic E-state index is 0.0798. The Morgan fingerprint density at radius 2 is 1.75 bits per heavy atom. The van der Waals surface area contributed by atoms with Crippen molar-refractivity contribution in [2.45, 2.75) is 25.7 Å². The van der Waals surface area contributed by atoms with Crippen molar-refractivity contribution in [1.29, 1.82) is 0 Å². The zero-order valence-corrected chi connectivity index (χ0v) is 21.6. The molecule has 0 atom stereocenters. The molecule has 1 aromatic carbocycles. The molecule has 1 amide bonds. The molecular formula is C28H26FN9O2. The molecule has 1 fully saturated rings. The molecule has 0 radical (unpaired) electrons. The normalized spacial score (nSPS) is 14.1. The van der Waals surface area contributed by atoms with Crippen LogP contribution in [0, 0.1) is 5.82 Å². The van der Waals surface area contributed by atoms with Crippen LogP contribution in [0.5, 0.6) is 0 Å². The van der Waals surface area contributed by atoms with Crippen molar-refractivity contribution in [2.75, 3.05) is 24.6 Å². The molecule has 1 aliphatic rings. The van der Waals surface area contributed by atoms with Crippen LogP contribution in [0.15, 0.2) is 54.9 Å². The van der Waals surface area contributed by atoms with Gasteiger partial charge in [-0.05, 0) is 50.1 Å². The molecule has 5 aromatic rings. The van der Waals surface area contributed by atoms with Gasteiger partial charge in [-0.1, -0.05) is 6.07 Å². The van der Waals surface area contributed by atoms with Crippen LogP contribution in [0.2, 0.25) is 0 Å². The van der Waals surface area contributed by atoms with Gasteiger partial charge in [-0.3, -0.25) is 19.7 Å². The number of rotatable bonds is 5. The molecule has 1 saturated heterocycles. The van der Waals surface area contributed by atoms with Gasteiger partial charge < -0.3 is 16.4 Å². The number of fused-ring (bicyclic) bond motifs is 1. The molecule has 0 aliphatic carbocycles. The monoisotopic (exact) mass is 539 g/mol. The Morgan fingerprint density at radius 3 is 2.38 bits per heavy atom. The highest BCUT2D eigenvalue weighted by Gasteiger charge is 2.31. The van der Waals surface area contributed by atoms with Crippen molar-refractivity contribution in [3.8, 4) is 22.4 Å². The molecule has 11 nitrogen and oxygen atoms in total. The van der Waals surface area contributed by atoms with E-state index in [4.69, 9.17) is 16.5 Å². The van der Waals surface area contributed by atoms with Gasteiger partial charge in [-0.2, -0.15) is 14.7 Å². The van der Waals surface area contributed by atoms with Gasteiger partial charge in [-0.25, -0.2) is 9.37 Å². The first-order valence-corrected chi connectivity index (χ1v) is 12.8.